The van der Waals surface area contributed by atoms with E-state index in [1.54, 1.807) is 4.90 Å². The Hall–Kier alpha value is -3.33. The van der Waals surface area contributed by atoms with Crippen LogP contribution in [0.15, 0.2) is 48.5 Å². The molecule has 6 nitrogen and oxygen atoms in total. The Morgan fingerprint density at radius 1 is 1.09 bits per heavy atom. The maximum absolute atomic E-state index is 12.8. The summed E-state index contributed by atoms with van der Waals surface area (Å²) >= 11 is 0. The van der Waals surface area contributed by atoms with Crippen molar-refractivity contribution < 1.29 is 14.3 Å². The summed E-state index contributed by atoms with van der Waals surface area (Å²) in [6.07, 6.45) is 2.23. The molecule has 2 aromatic carbocycles. The number of amides is 2. The zero-order chi connectivity index (χ0) is 22.9. The van der Waals surface area contributed by atoms with Crippen molar-refractivity contribution in [1.82, 2.24) is 4.90 Å². The third-order valence-electron chi connectivity index (χ3n) is 5.80. The normalized spacial score (nSPS) is 14.0. The second-order valence-corrected chi connectivity index (χ2v) is 8.26. The number of ether oxygens (including phenoxy) is 1. The summed E-state index contributed by atoms with van der Waals surface area (Å²) in [4.78, 5) is 28.9. The van der Waals surface area contributed by atoms with Crippen molar-refractivity contribution in [3.05, 3.63) is 59.7 Å². The van der Waals surface area contributed by atoms with E-state index in [1.807, 2.05) is 49.1 Å². The van der Waals surface area contributed by atoms with Crippen LogP contribution in [0.3, 0.4) is 0 Å². The molecule has 3 rings (SSSR count). The zero-order valence-electron chi connectivity index (χ0n) is 18.9. The van der Waals surface area contributed by atoms with Crippen LogP contribution in [0.1, 0.15) is 43.2 Å². The molecule has 6 heteroatoms. The Bertz CT molecular complexity index is 960. The first-order valence-electron chi connectivity index (χ1n) is 11.2. The third kappa shape index (κ3) is 6.34. The summed E-state index contributed by atoms with van der Waals surface area (Å²) in [6.45, 7) is 5.70. The second-order valence-electron chi connectivity index (χ2n) is 8.26. The number of carbonyl (C=O) groups is 2. The lowest BCUT2D eigenvalue weighted by atomic mass is 10.1. The molecule has 0 spiro atoms. The lowest BCUT2D eigenvalue weighted by Gasteiger charge is -2.32. The Kier molecular flexibility index (Phi) is 8.27. The maximum atomic E-state index is 12.8. The van der Waals surface area contributed by atoms with E-state index in [4.69, 9.17) is 10.00 Å². The molecule has 0 radical (unpaired) electrons. The van der Waals surface area contributed by atoms with Crippen molar-refractivity contribution in [2.45, 2.75) is 52.1 Å². The maximum Gasteiger partial charge on any atom is 0.227 e. The van der Waals surface area contributed by atoms with Gasteiger partial charge in [0.05, 0.1) is 12.5 Å². The summed E-state index contributed by atoms with van der Waals surface area (Å²) in [6, 6.07) is 17.6. The lowest BCUT2D eigenvalue weighted by Crippen LogP contribution is -2.42. The predicted molar refractivity (Wildman–Crippen MR) is 124 cm³/mol. The van der Waals surface area contributed by atoms with Crippen LogP contribution in [-0.4, -0.2) is 42.5 Å². The fraction of sp³-hybridized carbons (Fsp3) is 0.423. The third-order valence-corrected chi connectivity index (χ3v) is 5.80. The minimum atomic E-state index is -0.132. The van der Waals surface area contributed by atoms with Crippen molar-refractivity contribution in [3.8, 4) is 11.8 Å². The van der Waals surface area contributed by atoms with Crippen LogP contribution in [0.25, 0.3) is 0 Å². The van der Waals surface area contributed by atoms with Gasteiger partial charge in [0.25, 0.3) is 0 Å². The highest BCUT2D eigenvalue weighted by Gasteiger charge is 2.25. The largest absolute Gasteiger partial charge is 0.490 e. The average molecular weight is 434 g/mol. The van der Waals surface area contributed by atoms with Crippen molar-refractivity contribution in [2.75, 3.05) is 24.5 Å². The van der Waals surface area contributed by atoms with Gasteiger partial charge in [0.2, 0.25) is 11.8 Å². The molecule has 1 aliphatic heterocycles. The van der Waals surface area contributed by atoms with Crippen LogP contribution in [0.4, 0.5) is 5.69 Å². The number of benzene rings is 2. The minimum Gasteiger partial charge on any atom is -0.490 e. The Morgan fingerprint density at radius 3 is 2.50 bits per heavy atom. The summed E-state index contributed by atoms with van der Waals surface area (Å²) < 4.78 is 6.19. The number of nitrogens with zero attached hydrogens (tertiary/aromatic N) is 3. The topological polar surface area (TPSA) is 73.6 Å². The van der Waals surface area contributed by atoms with Gasteiger partial charge in [-0.05, 0) is 43.2 Å². The highest BCUT2D eigenvalue weighted by atomic mass is 16.5. The molecule has 1 saturated heterocycles. The number of rotatable bonds is 8. The van der Waals surface area contributed by atoms with E-state index in [9.17, 15) is 9.59 Å². The van der Waals surface area contributed by atoms with Crippen LogP contribution in [0, 0.1) is 25.2 Å². The first-order valence-corrected chi connectivity index (χ1v) is 11.2. The van der Waals surface area contributed by atoms with E-state index in [0.717, 1.165) is 29.8 Å². The second kappa shape index (κ2) is 11.3. The fourth-order valence-corrected chi connectivity index (χ4v) is 3.91. The van der Waals surface area contributed by atoms with Gasteiger partial charge in [0.1, 0.15) is 11.9 Å². The average Bonchev–Trinajstić information content (AvgIpc) is 2.81. The van der Waals surface area contributed by atoms with Gasteiger partial charge in [-0.2, -0.15) is 5.26 Å². The van der Waals surface area contributed by atoms with Gasteiger partial charge >= 0.3 is 0 Å². The molecule has 0 saturated carbocycles. The number of likely N-dealkylation sites (tertiary alicyclic amines) is 1. The Labute approximate surface area is 190 Å². The number of anilines is 1. The van der Waals surface area contributed by atoms with Gasteiger partial charge in [-0.1, -0.05) is 30.3 Å². The number of nitriles is 1. The molecule has 2 aromatic rings. The van der Waals surface area contributed by atoms with Crippen LogP contribution in [-0.2, 0) is 9.59 Å². The minimum absolute atomic E-state index is 0.00293. The van der Waals surface area contributed by atoms with E-state index in [0.29, 0.717) is 19.6 Å². The number of hydrogen-bond donors (Lipinski definition) is 0. The lowest BCUT2D eigenvalue weighted by molar-refractivity contribution is -0.134. The molecule has 1 aliphatic rings. The summed E-state index contributed by atoms with van der Waals surface area (Å²) in [5.41, 5.74) is 3.04. The van der Waals surface area contributed by atoms with Crippen LogP contribution < -0.4 is 9.64 Å². The van der Waals surface area contributed by atoms with E-state index in [1.165, 1.54) is 5.56 Å². The number of carbonyl (C=O) groups excluding carboxylic acids is 2. The van der Waals surface area contributed by atoms with Crippen molar-refractivity contribution in [3.63, 3.8) is 0 Å². The van der Waals surface area contributed by atoms with Gasteiger partial charge in [0.15, 0.2) is 0 Å². The summed E-state index contributed by atoms with van der Waals surface area (Å²) in [7, 11) is 0. The first kappa shape index (κ1) is 23.3. The molecule has 0 unspecified atom stereocenters. The molecule has 0 aliphatic carbocycles. The first-order chi connectivity index (χ1) is 15.5. The Balaban J connectivity index is 1.48. The molecule has 0 aromatic heterocycles. The molecule has 32 heavy (non-hydrogen) atoms. The number of aryl methyl sites for hydroxylation is 2. The SMILES string of the molecule is Cc1ccc(C)c(OC2CCN(C(=O)CCC(=O)N(CCC#N)c3ccccc3)CC2)c1. The van der Waals surface area contributed by atoms with Crippen molar-refractivity contribution >= 4 is 17.5 Å². The molecule has 0 N–H and O–H groups in total. The molecule has 2 amide bonds. The van der Waals surface area contributed by atoms with Gasteiger partial charge in [0, 0.05) is 51.0 Å². The zero-order valence-corrected chi connectivity index (χ0v) is 18.9. The number of para-hydroxylation sites is 1. The molecular weight excluding hydrogens is 402 g/mol. The summed E-state index contributed by atoms with van der Waals surface area (Å²) in [5, 5.41) is 8.92. The van der Waals surface area contributed by atoms with Crippen molar-refractivity contribution in [2.24, 2.45) is 0 Å². The van der Waals surface area contributed by atoms with Crippen LogP contribution in [0.2, 0.25) is 0 Å². The Morgan fingerprint density at radius 2 is 1.81 bits per heavy atom. The van der Waals surface area contributed by atoms with E-state index < -0.39 is 0 Å². The summed E-state index contributed by atoms with van der Waals surface area (Å²) in [5.74, 6) is 0.781. The van der Waals surface area contributed by atoms with Crippen LogP contribution in [0.5, 0.6) is 5.75 Å². The van der Waals surface area contributed by atoms with Gasteiger partial charge < -0.3 is 14.5 Å². The molecular formula is C26H31N3O3. The fourth-order valence-electron chi connectivity index (χ4n) is 3.91. The van der Waals surface area contributed by atoms with Gasteiger partial charge in [-0.3, -0.25) is 9.59 Å². The van der Waals surface area contributed by atoms with Crippen molar-refractivity contribution in [1.29, 1.82) is 5.26 Å². The van der Waals surface area contributed by atoms with E-state index >= 15 is 0 Å². The van der Waals surface area contributed by atoms with Gasteiger partial charge in [-0.15, -0.1) is 0 Å². The molecule has 1 heterocycles. The molecule has 168 valence electrons. The highest BCUT2D eigenvalue weighted by Crippen LogP contribution is 2.24. The molecule has 0 bridgehead atoms. The van der Waals surface area contributed by atoms with E-state index in [2.05, 4.69) is 24.3 Å². The van der Waals surface area contributed by atoms with Crippen LogP contribution >= 0.6 is 0 Å². The number of piperidine rings is 1. The quantitative estimate of drug-likeness (QED) is 0.618. The predicted octanol–water partition coefficient (Wildman–Crippen LogP) is 4.40. The monoisotopic (exact) mass is 433 g/mol. The van der Waals surface area contributed by atoms with E-state index in [-0.39, 0.29) is 37.2 Å². The molecule has 0 atom stereocenters. The number of hydrogen-bond acceptors (Lipinski definition) is 4. The highest BCUT2D eigenvalue weighted by molar-refractivity contribution is 5.95. The smallest absolute Gasteiger partial charge is 0.227 e. The molecule has 1 fully saturated rings. The standard InChI is InChI=1S/C26H31N3O3/c1-20-9-10-21(2)24(19-20)32-23-13-17-28(18-14-23)25(30)11-12-26(31)29(16-6-15-27)22-7-4-3-5-8-22/h3-5,7-10,19,23H,6,11-14,16-18H2,1-2H3. The van der Waals surface area contributed by atoms with Gasteiger partial charge in [-0.25, -0.2) is 0 Å².